The lowest BCUT2D eigenvalue weighted by molar-refractivity contribution is 0.541. The van der Waals surface area contributed by atoms with Gasteiger partial charge in [-0.15, -0.1) is 5.10 Å². The summed E-state index contributed by atoms with van der Waals surface area (Å²) in [6, 6.07) is 10.0. The molecule has 0 saturated carbocycles. The molecule has 0 aliphatic rings. The fraction of sp³-hybridized carbons (Fsp3) is 0.0667. The van der Waals surface area contributed by atoms with Crippen molar-refractivity contribution in [3.05, 3.63) is 70.0 Å². The van der Waals surface area contributed by atoms with Crippen LogP contribution in [-0.2, 0) is 5.75 Å². The second-order valence-corrected chi connectivity index (χ2v) is 5.71. The van der Waals surface area contributed by atoms with Crippen molar-refractivity contribution in [2.24, 2.45) is 15.9 Å². The third kappa shape index (κ3) is 4.74. The Balaban J connectivity index is 2.04. The Kier molecular flexibility index (Phi) is 6.06. The van der Waals surface area contributed by atoms with E-state index in [9.17, 15) is 13.2 Å². The Morgan fingerprint density at radius 1 is 1.17 bits per heavy atom. The summed E-state index contributed by atoms with van der Waals surface area (Å²) in [6.07, 6.45) is 0.798. The summed E-state index contributed by atoms with van der Waals surface area (Å²) >= 11 is 6.59. The summed E-state index contributed by atoms with van der Waals surface area (Å²) in [5.41, 5.74) is 6.10. The molecule has 0 spiro atoms. The first-order chi connectivity index (χ1) is 11.0. The van der Waals surface area contributed by atoms with Crippen LogP contribution in [0.4, 0.5) is 13.2 Å². The number of amidine groups is 1. The van der Waals surface area contributed by atoms with Crippen LogP contribution in [-0.4, -0.2) is 11.4 Å². The molecule has 0 radical (unpaired) electrons. The van der Waals surface area contributed by atoms with E-state index < -0.39 is 28.0 Å². The van der Waals surface area contributed by atoms with Gasteiger partial charge in [0.25, 0.3) is 0 Å². The fourth-order valence-electron chi connectivity index (χ4n) is 1.60. The highest BCUT2D eigenvalue weighted by Crippen LogP contribution is 2.23. The second kappa shape index (κ2) is 8.03. The van der Waals surface area contributed by atoms with Crippen LogP contribution in [0.1, 0.15) is 11.1 Å². The molecule has 0 atom stereocenters. The zero-order chi connectivity index (χ0) is 16.8. The maximum absolute atomic E-state index is 13.6. The molecule has 8 heteroatoms. The number of rotatable bonds is 4. The lowest BCUT2D eigenvalue weighted by atomic mass is 10.2. The van der Waals surface area contributed by atoms with Crippen LogP contribution in [0, 0.1) is 17.5 Å². The minimum Gasteiger partial charge on any atom is -0.377 e. The summed E-state index contributed by atoms with van der Waals surface area (Å²) < 4.78 is 40.1. The highest BCUT2D eigenvalue weighted by Gasteiger charge is 2.15. The molecule has 0 bridgehead atoms. The van der Waals surface area contributed by atoms with Gasteiger partial charge < -0.3 is 5.73 Å². The topological polar surface area (TPSA) is 50.7 Å². The normalized spacial score (nSPS) is 12.1. The van der Waals surface area contributed by atoms with Crippen LogP contribution in [0.25, 0.3) is 0 Å². The van der Waals surface area contributed by atoms with Crippen LogP contribution in [0.15, 0.2) is 46.6 Å². The molecular formula is C15H11ClF3N3S. The molecule has 0 saturated heterocycles. The maximum Gasteiger partial charge on any atom is 0.180 e. The Bertz CT molecular complexity index is 751. The van der Waals surface area contributed by atoms with Crippen molar-refractivity contribution in [2.45, 2.75) is 5.75 Å². The molecule has 0 heterocycles. The van der Waals surface area contributed by atoms with E-state index in [1.54, 1.807) is 0 Å². The van der Waals surface area contributed by atoms with E-state index in [1.165, 1.54) is 11.8 Å². The Morgan fingerprint density at radius 3 is 2.57 bits per heavy atom. The van der Waals surface area contributed by atoms with E-state index in [0.29, 0.717) is 11.8 Å². The standard InChI is InChI=1S/C15H11ClF3N3S/c16-13-12(18)6-11(17)10(14(13)19)7-21-22-15(20)23-8-9-4-2-1-3-5-9/h1-7H,8H2,(H2,20,22). The molecule has 2 aromatic rings. The van der Waals surface area contributed by atoms with Gasteiger partial charge in [0.1, 0.15) is 16.7 Å². The lowest BCUT2D eigenvalue weighted by Gasteiger charge is -2.02. The maximum atomic E-state index is 13.6. The number of thioether (sulfide) groups is 1. The van der Waals surface area contributed by atoms with E-state index in [4.69, 9.17) is 17.3 Å². The molecule has 3 nitrogen and oxygen atoms in total. The summed E-state index contributed by atoms with van der Waals surface area (Å²) in [4.78, 5) is 0. The molecule has 0 aromatic heterocycles. The van der Waals surface area contributed by atoms with Crippen LogP contribution < -0.4 is 5.73 Å². The zero-order valence-corrected chi connectivity index (χ0v) is 13.2. The molecule has 120 valence electrons. The van der Waals surface area contributed by atoms with Gasteiger partial charge in [-0.2, -0.15) is 5.10 Å². The van der Waals surface area contributed by atoms with Gasteiger partial charge in [0.15, 0.2) is 11.0 Å². The molecule has 0 amide bonds. The second-order valence-electron chi connectivity index (χ2n) is 4.34. The first-order valence-electron chi connectivity index (χ1n) is 6.35. The molecule has 0 aliphatic heterocycles. The largest absolute Gasteiger partial charge is 0.377 e. The summed E-state index contributed by atoms with van der Waals surface area (Å²) in [6.45, 7) is 0. The average Bonchev–Trinajstić information content (AvgIpc) is 2.55. The van der Waals surface area contributed by atoms with Gasteiger partial charge >= 0.3 is 0 Å². The van der Waals surface area contributed by atoms with Gasteiger partial charge in [0, 0.05) is 11.8 Å². The van der Waals surface area contributed by atoms with Crippen LogP contribution in [0.5, 0.6) is 0 Å². The quantitative estimate of drug-likeness (QED) is 0.291. The highest BCUT2D eigenvalue weighted by molar-refractivity contribution is 8.13. The number of hydrogen-bond donors (Lipinski definition) is 1. The van der Waals surface area contributed by atoms with Crippen molar-refractivity contribution in [3.8, 4) is 0 Å². The monoisotopic (exact) mass is 357 g/mol. The summed E-state index contributed by atoms with van der Waals surface area (Å²) in [7, 11) is 0. The van der Waals surface area contributed by atoms with Crippen LogP contribution in [0.3, 0.4) is 0 Å². The van der Waals surface area contributed by atoms with Crippen LogP contribution in [0.2, 0.25) is 5.02 Å². The Hall–Kier alpha value is -1.99. The van der Waals surface area contributed by atoms with Gasteiger partial charge in [-0.05, 0) is 5.56 Å². The minimum atomic E-state index is -1.24. The van der Waals surface area contributed by atoms with Gasteiger partial charge in [0.05, 0.1) is 11.8 Å². The van der Waals surface area contributed by atoms with E-state index in [2.05, 4.69) is 10.2 Å². The van der Waals surface area contributed by atoms with Crippen molar-refractivity contribution < 1.29 is 13.2 Å². The Morgan fingerprint density at radius 2 is 1.87 bits per heavy atom. The average molecular weight is 358 g/mol. The molecule has 2 N–H and O–H groups in total. The molecule has 0 aliphatic carbocycles. The minimum absolute atomic E-state index is 0.124. The molecular weight excluding hydrogens is 347 g/mol. The molecule has 0 unspecified atom stereocenters. The zero-order valence-electron chi connectivity index (χ0n) is 11.6. The Labute approximate surface area is 140 Å². The van der Waals surface area contributed by atoms with Crippen molar-refractivity contribution in [2.75, 3.05) is 0 Å². The van der Waals surface area contributed by atoms with E-state index in [-0.39, 0.29) is 5.17 Å². The van der Waals surface area contributed by atoms with Crippen molar-refractivity contribution in [1.29, 1.82) is 0 Å². The number of hydrogen-bond acceptors (Lipinski definition) is 3. The lowest BCUT2D eigenvalue weighted by Crippen LogP contribution is -2.06. The highest BCUT2D eigenvalue weighted by atomic mass is 35.5. The predicted octanol–water partition coefficient (Wildman–Crippen LogP) is 4.34. The number of benzene rings is 2. The molecule has 23 heavy (non-hydrogen) atoms. The van der Waals surface area contributed by atoms with E-state index in [1.807, 2.05) is 30.3 Å². The summed E-state index contributed by atoms with van der Waals surface area (Å²) in [5.74, 6) is -2.96. The van der Waals surface area contributed by atoms with Crippen LogP contribution >= 0.6 is 23.4 Å². The molecule has 2 rings (SSSR count). The van der Waals surface area contributed by atoms with Crippen molar-refractivity contribution in [1.82, 2.24) is 0 Å². The number of halogens is 4. The van der Waals surface area contributed by atoms with Gasteiger partial charge in [-0.25, -0.2) is 13.2 Å². The third-order valence-corrected chi connectivity index (χ3v) is 3.92. The predicted molar refractivity (Wildman–Crippen MR) is 88.3 cm³/mol. The number of nitrogens with zero attached hydrogens (tertiary/aromatic N) is 2. The fourth-order valence-corrected chi connectivity index (χ4v) is 2.37. The van der Waals surface area contributed by atoms with Gasteiger partial charge in [-0.3, -0.25) is 0 Å². The molecule has 2 aromatic carbocycles. The van der Waals surface area contributed by atoms with Gasteiger partial charge in [0.2, 0.25) is 0 Å². The number of nitrogens with two attached hydrogens (primary N) is 1. The first-order valence-corrected chi connectivity index (χ1v) is 7.71. The van der Waals surface area contributed by atoms with Gasteiger partial charge in [-0.1, -0.05) is 53.7 Å². The summed E-state index contributed by atoms with van der Waals surface area (Å²) in [5, 5.41) is 6.45. The van der Waals surface area contributed by atoms with Crippen molar-refractivity contribution in [3.63, 3.8) is 0 Å². The molecule has 0 fully saturated rings. The first kappa shape index (κ1) is 17.4. The SMILES string of the molecule is NC(=NN=Cc1c(F)cc(F)c(Cl)c1F)SCc1ccccc1. The van der Waals surface area contributed by atoms with E-state index >= 15 is 0 Å². The third-order valence-electron chi connectivity index (χ3n) is 2.72. The van der Waals surface area contributed by atoms with E-state index in [0.717, 1.165) is 11.8 Å². The van der Waals surface area contributed by atoms with Crippen molar-refractivity contribution >= 4 is 34.7 Å². The smallest absolute Gasteiger partial charge is 0.180 e.